The summed E-state index contributed by atoms with van der Waals surface area (Å²) in [7, 11) is 0. The minimum absolute atomic E-state index is 0.0303. The van der Waals surface area contributed by atoms with Crippen molar-refractivity contribution in [1.29, 1.82) is 0 Å². The fraction of sp³-hybridized carbons (Fsp3) is 0.0667. The minimum atomic E-state index is -0.729. The number of rotatable bonds is 3. The lowest BCUT2D eigenvalue weighted by atomic mass is 9.96. The van der Waals surface area contributed by atoms with Crippen LogP contribution in [0.25, 0.3) is 0 Å². The van der Waals surface area contributed by atoms with Gasteiger partial charge >= 0.3 is 0 Å². The first kappa shape index (κ1) is 13.5. The van der Waals surface area contributed by atoms with Crippen molar-refractivity contribution >= 4 is 23.3 Å². The van der Waals surface area contributed by atoms with E-state index in [0.29, 0.717) is 10.6 Å². The van der Waals surface area contributed by atoms with Gasteiger partial charge in [-0.25, -0.2) is 0 Å². The molecule has 2 N–H and O–H groups in total. The first-order valence-electron chi connectivity index (χ1n) is 6.15. The van der Waals surface area contributed by atoms with Gasteiger partial charge in [0.15, 0.2) is 11.5 Å². The molecule has 0 saturated carbocycles. The number of nitrogens with one attached hydrogen (secondary N) is 1. The van der Waals surface area contributed by atoms with E-state index in [4.69, 9.17) is 16.0 Å². The fourth-order valence-corrected chi connectivity index (χ4v) is 2.34. The van der Waals surface area contributed by atoms with Crippen molar-refractivity contribution < 1.29 is 19.1 Å². The van der Waals surface area contributed by atoms with E-state index < -0.39 is 23.5 Å². The molecule has 3 rings (SSSR count). The normalized spacial score (nSPS) is 18.0. The number of halogens is 1. The second-order valence-electron chi connectivity index (χ2n) is 4.53. The number of furan rings is 1. The summed E-state index contributed by atoms with van der Waals surface area (Å²) in [6.45, 7) is 0. The average Bonchev–Trinajstić information content (AvgIpc) is 3.09. The first-order valence-corrected chi connectivity index (χ1v) is 6.53. The Morgan fingerprint density at radius 1 is 1.24 bits per heavy atom. The Balaban J connectivity index is 2.03. The number of aliphatic hydroxyl groups is 1. The van der Waals surface area contributed by atoms with E-state index >= 15 is 0 Å². The van der Waals surface area contributed by atoms with E-state index in [2.05, 4.69) is 5.32 Å². The summed E-state index contributed by atoms with van der Waals surface area (Å²) >= 11 is 5.83. The number of hydrogen-bond acceptors (Lipinski definition) is 4. The molecule has 6 heteroatoms. The van der Waals surface area contributed by atoms with Crippen molar-refractivity contribution in [2.45, 2.75) is 6.04 Å². The number of Topliss-reactive ketones (excluding diaryl/α,β-unsaturated/α-hetero) is 1. The van der Waals surface area contributed by atoms with Crippen molar-refractivity contribution in [3.8, 4) is 0 Å². The van der Waals surface area contributed by atoms with Crippen LogP contribution in [-0.4, -0.2) is 16.8 Å². The molecular weight excluding hydrogens is 294 g/mol. The lowest BCUT2D eigenvalue weighted by molar-refractivity contribution is -0.119. The average molecular weight is 304 g/mol. The van der Waals surface area contributed by atoms with Crippen LogP contribution in [0, 0.1) is 0 Å². The second-order valence-corrected chi connectivity index (χ2v) is 4.96. The number of benzene rings is 1. The molecule has 1 unspecified atom stereocenters. The minimum Gasteiger partial charge on any atom is -0.503 e. The van der Waals surface area contributed by atoms with Gasteiger partial charge in [0.2, 0.25) is 5.78 Å². The molecule has 1 atom stereocenters. The van der Waals surface area contributed by atoms with Crippen LogP contribution in [-0.2, 0) is 4.79 Å². The number of ketones is 1. The standard InChI is InChI=1S/C15H10ClNO4/c16-9-5-3-8(4-6-9)12-11(14(19)15(20)17-12)13(18)10-2-1-7-21-10/h1-7,12,19H,(H,17,20). The summed E-state index contributed by atoms with van der Waals surface area (Å²) in [4.78, 5) is 24.1. The molecule has 1 aliphatic heterocycles. The maximum Gasteiger partial charge on any atom is 0.287 e. The number of amides is 1. The van der Waals surface area contributed by atoms with Gasteiger partial charge in [-0.2, -0.15) is 0 Å². The van der Waals surface area contributed by atoms with E-state index in [-0.39, 0.29) is 11.3 Å². The monoisotopic (exact) mass is 303 g/mol. The molecule has 0 fully saturated rings. The highest BCUT2D eigenvalue weighted by Gasteiger charge is 2.38. The van der Waals surface area contributed by atoms with Crippen LogP contribution in [0.1, 0.15) is 22.2 Å². The highest BCUT2D eigenvalue weighted by molar-refractivity contribution is 6.30. The molecule has 1 aliphatic rings. The van der Waals surface area contributed by atoms with Gasteiger partial charge in [0.25, 0.3) is 5.91 Å². The van der Waals surface area contributed by atoms with Crippen molar-refractivity contribution in [2.75, 3.05) is 0 Å². The predicted octanol–water partition coefficient (Wildman–Crippen LogP) is 2.80. The summed E-state index contributed by atoms with van der Waals surface area (Å²) in [5.74, 6) is -1.75. The van der Waals surface area contributed by atoms with Crippen molar-refractivity contribution in [2.24, 2.45) is 0 Å². The third-order valence-electron chi connectivity index (χ3n) is 3.23. The fourth-order valence-electron chi connectivity index (χ4n) is 2.22. The number of aliphatic hydroxyl groups excluding tert-OH is 1. The zero-order valence-corrected chi connectivity index (χ0v) is 11.4. The third kappa shape index (κ3) is 2.32. The smallest absolute Gasteiger partial charge is 0.287 e. The van der Waals surface area contributed by atoms with Gasteiger partial charge in [0.05, 0.1) is 17.9 Å². The molecule has 0 aliphatic carbocycles. The lowest BCUT2D eigenvalue weighted by Crippen LogP contribution is -2.23. The van der Waals surface area contributed by atoms with Crippen LogP contribution < -0.4 is 5.32 Å². The number of hydrogen-bond donors (Lipinski definition) is 2. The summed E-state index contributed by atoms with van der Waals surface area (Å²) < 4.78 is 5.04. The zero-order chi connectivity index (χ0) is 15.0. The Hall–Kier alpha value is -2.53. The molecule has 2 aromatic rings. The molecule has 0 spiro atoms. The van der Waals surface area contributed by atoms with Crippen molar-refractivity contribution in [1.82, 2.24) is 5.32 Å². The molecule has 0 saturated heterocycles. The Labute approximate surface area is 124 Å². The lowest BCUT2D eigenvalue weighted by Gasteiger charge is -2.13. The van der Waals surface area contributed by atoms with Gasteiger partial charge in [-0.05, 0) is 29.8 Å². The zero-order valence-electron chi connectivity index (χ0n) is 10.7. The van der Waals surface area contributed by atoms with Crippen LogP contribution in [0.5, 0.6) is 0 Å². The predicted molar refractivity (Wildman–Crippen MR) is 75.0 cm³/mol. The molecule has 5 nitrogen and oxygen atoms in total. The molecule has 1 amide bonds. The molecule has 1 aromatic heterocycles. The van der Waals surface area contributed by atoms with E-state index in [9.17, 15) is 14.7 Å². The molecule has 0 radical (unpaired) electrons. The van der Waals surface area contributed by atoms with Gasteiger partial charge < -0.3 is 14.8 Å². The maximum absolute atomic E-state index is 12.4. The molecule has 106 valence electrons. The van der Waals surface area contributed by atoms with Crippen LogP contribution >= 0.6 is 11.6 Å². The second kappa shape index (κ2) is 5.10. The Morgan fingerprint density at radius 2 is 1.95 bits per heavy atom. The molecule has 0 bridgehead atoms. The van der Waals surface area contributed by atoms with E-state index in [1.54, 1.807) is 30.3 Å². The van der Waals surface area contributed by atoms with Gasteiger partial charge in [-0.1, -0.05) is 23.7 Å². The van der Waals surface area contributed by atoms with Gasteiger partial charge in [-0.15, -0.1) is 0 Å². The highest BCUT2D eigenvalue weighted by atomic mass is 35.5. The summed E-state index contributed by atoms with van der Waals surface area (Å²) in [5, 5.41) is 13.0. The molecule has 21 heavy (non-hydrogen) atoms. The molecule has 1 aromatic carbocycles. The van der Waals surface area contributed by atoms with Crippen LogP contribution in [0.4, 0.5) is 0 Å². The summed E-state index contributed by atoms with van der Waals surface area (Å²) in [5.41, 5.74) is 0.615. The number of carbonyl (C=O) groups excluding carboxylic acids is 2. The van der Waals surface area contributed by atoms with Crippen molar-refractivity contribution in [3.05, 3.63) is 70.3 Å². The van der Waals surface area contributed by atoms with Gasteiger partial charge in [0, 0.05) is 5.02 Å². The van der Waals surface area contributed by atoms with Crippen molar-refractivity contribution in [3.63, 3.8) is 0 Å². The largest absolute Gasteiger partial charge is 0.503 e. The van der Waals surface area contributed by atoms with Crippen LogP contribution in [0.2, 0.25) is 5.02 Å². The first-order chi connectivity index (χ1) is 10.1. The maximum atomic E-state index is 12.4. The molecular formula is C15H10ClNO4. The van der Waals surface area contributed by atoms with Gasteiger partial charge in [0.1, 0.15) is 0 Å². The van der Waals surface area contributed by atoms with Crippen LogP contribution in [0.15, 0.2) is 58.4 Å². The quantitative estimate of drug-likeness (QED) is 0.855. The number of carbonyl (C=O) groups is 2. The molecule has 2 heterocycles. The van der Waals surface area contributed by atoms with E-state index in [0.717, 1.165) is 0 Å². The summed E-state index contributed by atoms with van der Waals surface area (Å²) in [6.07, 6.45) is 1.35. The van der Waals surface area contributed by atoms with Gasteiger partial charge in [-0.3, -0.25) is 9.59 Å². The van der Waals surface area contributed by atoms with E-state index in [1.807, 2.05) is 0 Å². The van der Waals surface area contributed by atoms with Crippen LogP contribution in [0.3, 0.4) is 0 Å². The SMILES string of the molecule is O=C1NC(c2ccc(Cl)cc2)C(C(=O)c2ccco2)=C1O. The topological polar surface area (TPSA) is 79.5 Å². The third-order valence-corrected chi connectivity index (χ3v) is 3.48. The van der Waals surface area contributed by atoms with E-state index in [1.165, 1.54) is 12.3 Å². The Bertz CT molecular complexity index is 732. The summed E-state index contributed by atoms with van der Waals surface area (Å²) in [6, 6.07) is 8.97. The highest BCUT2D eigenvalue weighted by Crippen LogP contribution is 2.32. The Kier molecular flexibility index (Phi) is 3.27. The Morgan fingerprint density at radius 3 is 2.57 bits per heavy atom.